The molecule has 0 aliphatic heterocycles. The average Bonchev–Trinajstić information content (AvgIpc) is 3.15. The molecule has 260 valence electrons. The summed E-state index contributed by atoms with van der Waals surface area (Å²) >= 11 is 0. The third kappa shape index (κ3) is 9.22. The van der Waals surface area contributed by atoms with E-state index in [2.05, 4.69) is 0 Å². The lowest BCUT2D eigenvalue weighted by molar-refractivity contribution is -0.110. The van der Waals surface area contributed by atoms with Crippen LogP contribution in [0.25, 0.3) is 0 Å². The number of hydrogen-bond acceptors (Lipinski definition) is 8. The van der Waals surface area contributed by atoms with E-state index in [9.17, 15) is 0 Å². The Morgan fingerprint density at radius 1 is 0.580 bits per heavy atom. The molecule has 8 heteroatoms. The van der Waals surface area contributed by atoms with E-state index in [4.69, 9.17) is 33.2 Å². The normalized spacial score (nSPS) is 11.7. The van der Waals surface area contributed by atoms with Crippen molar-refractivity contribution in [2.75, 3.05) is 21.3 Å². The van der Waals surface area contributed by atoms with Gasteiger partial charge in [-0.1, -0.05) is 103 Å². The number of methoxy groups -OCH3 is 3. The molecule has 5 aromatic carbocycles. The number of carbonyl (C=O) groups excluding carboxylic acids is 1. The molecule has 0 aliphatic rings. The molecule has 0 heterocycles. The lowest BCUT2D eigenvalue weighted by Gasteiger charge is -2.28. The van der Waals surface area contributed by atoms with Crippen molar-refractivity contribution < 1.29 is 38.0 Å². The number of benzene rings is 5. The zero-order valence-electron chi connectivity index (χ0n) is 29.2. The topological polar surface area (TPSA) is 81.7 Å². The van der Waals surface area contributed by atoms with Crippen molar-refractivity contribution in [3.8, 4) is 28.7 Å². The van der Waals surface area contributed by atoms with Gasteiger partial charge in [-0.2, -0.15) is 0 Å². The Hall–Kier alpha value is -5.31. The van der Waals surface area contributed by atoms with Crippen molar-refractivity contribution in [2.45, 2.75) is 52.0 Å². The highest BCUT2D eigenvalue weighted by Gasteiger charge is 2.37. The highest BCUT2D eigenvalue weighted by atomic mass is 16.7. The number of Topliss-reactive ketones (excluding diaryl/α,β-unsaturated/α-hetero) is 1. The van der Waals surface area contributed by atoms with E-state index in [1.807, 2.05) is 129 Å². The average molecular weight is 677 g/mol. The largest absolute Gasteiger partial charge is 0.490 e. The number of carbonyl (C=O) groups is 1. The first kappa shape index (κ1) is 36.0. The molecular weight excluding hydrogens is 632 g/mol. The minimum absolute atomic E-state index is 0.187. The molecule has 1 atom stereocenters. The summed E-state index contributed by atoms with van der Waals surface area (Å²) in [5.41, 5.74) is 3.78. The quantitative estimate of drug-likeness (QED) is 0.0673. The fourth-order valence-corrected chi connectivity index (χ4v) is 5.53. The van der Waals surface area contributed by atoms with Crippen LogP contribution in [0.15, 0.2) is 121 Å². The minimum atomic E-state index is -0.938. The Morgan fingerprint density at radius 3 is 1.52 bits per heavy atom. The van der Waals surface area contributed by atoms with Crippen molar-refractivity contribution in [3.05, 3.63) is 149 Å². The van der Waals surface area contributed by atoms with Crippen LogP contribution in [0.5, 0.6) is 28.7 Å². The third-order valence-corrected chi connectivity index (χ3v) is 7.95. The SMILES string of the molecule is COc1c(OCc2ccccc2)cc(OCc2ccccc2)c(C(=O)C(c2ccc(OCc3ccccc3)cc2)C(OC)OC)c1OC(C)C. The van der Waals surface area contributed by atoms with E-state index in [0.717, 1.165) is 16.7 Å². The first-order valence-corrected chi connectivity index (χ1v) is 16.5. The second-order valence-corrected chi connectivity index (χ2v) is 11.9. The van der Waals surface area contributed by atoms with Gasteiger partial charge in [0.2, 0.25) is 5.75 Å². The first-order valence-electron chi connectivity index (χ1n) is 16.5. The van der Waals surface area contributed by atoms with Crippen molar-refractivity contribution >= 4 is 5.78 Å². The Kier molecular flexibility index (Phi) is 12.9. The van der Waals surface area contributed by atoms with Crippen molar-refractivity contribution in [3.63, 3.8) is 0 Å². The van der Waals surface area contributed by atoms with Crippen LogP contribution in [0.1, 0.15) is 52.4 Å². The predicted molar refractivity (Wildman–Crippen MR) is 192 cm³/mol. The highest BCUT2D eigenvalue weighted by molar-refractivity contribution is 6.07. The summed E-state index contributed by atoms with van der Waals surface area (Å²) in [5.74, 6) is 0.535. The lowest BCUT2D eigenvalue weighted by atomic mass is 9.88. The van der Waals surface area contributed by atoms with Gasteiger partial charge in [0, 0.05) is 20.3 Å². The maximum Gasteiger partial charge on any atom is 0.204 e. The second kappa shape index (κ2) is 17.9. The fraction of sp³-hybridized carbons (Fsp3) is 0.262. The van der Waals surface area contributed by atoms with Crippen LogP contribution in [0.2, 0.25) is 0 Å². The molecule has 0 bridgehead atoms. The molecule has 5 rings (SSSR count). The van der Waals surface area contributed by atoms with Crippen LogP contribution in [-0.4, -0.2) is 39.5 Å². The smallest absolute Gasteiger partial charge is 0.204 e. The molecule has 0 amide bonds. The van der Waals surface area contributed by atoms with E-state index in [1.165, 1.54) is 21.3 Å². The van der Waals surface area contributed by atoms with Crippen LogP contribution < -0.4 is 23.7 Å². The fourth-order valence-electron chi connectivity index (χ4n) is 5.53. The second-order valence-electron chi connectivity index (χ2n) is 11.9. The van der Waals surface area contributed by atoms with Gasteiger partial charge in [0.1, 0.15) is 36.9 Å². The van der Waals surface area contributed by atoms with Crippen molar-refractivity contribution in [1.82, 2.24) is 0 Å². The van der Waals surface area contributed by atoms with E-state index in [1.54, 1.807) is 6.07 Å². The Balaban J connectivity index is 1.58. The van der Waals surface area contributed by atoms with Gasteiger partial charge >= 0.3 is 0 Å². The van der Waals surface area contributed by atoms with E-state index >= 15 is 4.79 Å². The summed E-state index contributed by atoms with van der Waals surface area (Å²) in [7, 11) is 4.53. The maximum absolute atomic E-state index is 15.0. The molecule has 1 unspecified atom stereocenters. The molecule has 50 heavy (non-hydrogen) atoms. The standard InChI is InChI=1S/C42H44O8/c1-29(2)50-41-38(39(43)37(42(45-4)46-5)33-21-23-34(24-22-33)47-26-30-15-9-6-10-16-30)35(48-27-31-17-11-7-12-18-31)25-36(40(41)44-3)49-28-32-19-13-8-14-20-32/h6-25,29,37,42H,26-28H2,1-5H3. The minimum Gasteiger partial charge on any atom is -0.490 e. The molecule has 0 N–H and O–H groups in total. The van der Waals surface area contributed by atoms with Crippen LogP contribution in [-0.2, 0) is 29.3 Å². The van der Waals surface area contributed by atoms with Crippen LogP contribution in [0.4, 0.5) is 0 Å². The highest BCUT2D eigenvalue weighted by Crippen LogP contribution is 2.48. The molecule has 0 aromatic heterocycles. The van der Waals surface area contributed by atoms with Crippen molar-refractivity contribution in [1.29, 1.82) is 0 Å². The van der Waals surface area contributed by atoms with Gasteiger partial charge in [-0.15, -0.1) is 0 Å². The molecule has 0 saturated carbocycles. The Morgan fingerprint density at radius 2 is 1.06 bits per heavy atom. The van der Waals surface area contributed by atoms with Crippen LogP contribution in [0.3, 0.4) is 0 Å². The van der Waals surface area contributed by atoms with Gasteiger partial charge in [0.15, 0.2) is 23.6 Å². The Bertz CT molecular complexity index is 1770. The molecule has 0 fully saturated rings. The Labute approximate surface area is 294 Å². The summed E-state index contributed by atoms with van der Waals surface area (Å²) in [6, 6.07) is 38.5. The zero-order chi connectivity index (χ0) is 35.3. The molecular formula is C42H44O8. The maximum atomic E-state index is 15.0. The first-order chi connectivity index (χ1) is 24.4. The summed E-state index contributed by atoms with van der Waals surface area (Å²) in [4.78, 5) is 15.0. The summed E-state index contributed by atoms with van der Waals surface area (Å²) in [6.45, 7) is 4.64. The monoisotopic (exact) mass is 676 g/mol. The third-order valence-electron chi connectivity index (χ3n) is 7.95. The molecule has 5 aromatic rings. The van der Waals surface area contributed by atoms with Gasteiger partial charge < -0.3 is 33.2 Å². The number of hydrogen-bond donors (Lipinski definition) is 0. The molecule has 0 saturated heterocycles. The van der Waals surface area contributed by atoms with Crippen LogP contribution >= 0.6 is 0 Å². The van der Waals surface area contributed by atoms with E-state index < -0.39 is 12.2 Å². The summed E-state index contributed by atoms with van der Waals surface area (Å²) in [5, 5.41) is 0. The van der Waals surface area contributed by atoms with Gasteiger partial charge in [-0.25, -0.2) is 0 Å². The summed E-state index contributed by atoms with van der Waals surface area (Å²) < 4.78 is 42.6. The molecule has 0 spiro atoms. The predicted octanol–water partition coefficient (Wildman–Crippen LogP) is 8.80. The van der Waals surface area contributed by atoms with Gasteiger partial charge in [-0.05, 0) is 48.2 Å². The van der Waals surface area contributed by atoms with Gasteiger partial charge in [0.25, 0.3) is 0 Å². The number of ketones is 1. The number of ether oxygens (including phenoxy) is 7. The lowest BCUT2D eigenvalue weighted by Crippen LogP contribution is -2.30. The van der Waals surface area contributed by atoms with E-state index in [-0.39, 0.29) is 47.9 Å². The van der Waals surface area contributed by atoms with Crippen LogP contribution in [0, 0.1) is 0 Å². The summed E-state index contributed by atoms with van der Waals surface area (Å²) in [6.07, 6.45) is -1.26. The van der Waals surface area contributed by atoms with E-state index in [0.29, 0.717) is 23.7 Å². The molecule has 8 nitrogen and oxygen atoms in total. The van der Waals surface area contributed by atoms with Gasteiger partial charge in [-0.3, -0.25) is 4.79 Å². The number of rotatable bonds is 18. The molecule has 0 radical (unpaired) electrons. The zero-order valence-corrected chi connectivity index (χ0v) is 29.2. The molecule has 0 aliphatic carbocycles. The van der Waals surface area contributed by atoms with Gasteiger partial charge in [0.05, 0.1) is 19.1 Å². The van der Waals surface area contributed by atoms with Crippen molar-refractivity contribution in [2.24, 2.45) is 0 Å².